The summed E-state index contributed by atoms with van der Waals surface area (Å²) in [6, 6.07) is 0. The highest BCUT2D eigenvalue weighted by Gasteiger charge is 2.01. The summed E-state index contributed by atoms with van der Waals surface area (Å²) in [5.41, 5.74) is 0. The van der Waals surface area contributed by atoms with Gasteiger partial charge < -0.3 is 30.7 Å². The van der Waals surface area contributed by atoms with Gasteiger partial charge in [0.2, 0.25) is 0 Å². The smallest absolute Gasteiger partial charge is 0.193 e. The topological polar surface area (TPSA) is 91.3 Å². The number of hydrogen-bond acceptors (Lipinski definition) is 8. The van der Waals surface area contributed by atoms with E-state index in [1.165, 1.54) is 0 Å². The van der Waals surface area contributed by atoms with Gasteiger partial charge in [-0.1, -0.05) is 0 Å². The SMILES string of the molecule is COCNC1=NCCCN1.COCNC1=NCCN1. The second-order valence-electron chi connectivity index (χ2n) is 3.89. The Morgan fingerprint density at radius 3 is 1.95 bits per heavy atom. The number of guanidine groups is 2. The van der Waals surface area contributed by atoms with Gasteiger partial charge in [0.25, 0.3) is 0 Å². The first-order valence-corrected chi connectivity index (χ1v) is 6.39. The molecule has 8 heteroatoms. The van der Waals surface area contributed by atoms with Gasteiger partial charge in [-0.3, -0.25) is 9.98 Å². The van der Waals surface area contributed by atoms with Crippen LogP contribution in [0.1, 0.15) is 6.42 Å². The Labute approximate surface area is 114 Å². The molecule has 110 valence electrons. The zero-order chi connectivity index (χ0) is 13.8. The molecule has 0 spiro atoms. The predicted molar refractivity (Wildman–Crippen MR) is 75.2 cm³/mol. The third kappa shape index (κ3) is 7.47. The summed E-state index contributed by atoms with van der Waals surface area (Å²) < 4.78 is 9.58. The van der Waals surface area contributed by atoms with Crippen LogP contribution >= 0.6 is 0 Å². The van der Waals surface area contributed by atoms with Crippen molar-refractivity contribution in [3.63, 3.8) is 0 Å². The lowest BCUT2D eigenvalue weighted by molar-refractivity contribution is 0.191. The number of aliphatic imine (C=N–C) groups is 2. The summed E-state index contributed by atoms with van der Waals surface area (Å²) in [5.74, 6) is 1.70. The van der Waals surface area contributed by atoms with Crippen molar-refractivity contribution in [2.75, 3.05) is 53.9 Å². The highest BCUT2D eigenvalue weighted by molar-refractivity contribution is 5.81. The molecule has 0 saturated heterocycles. The third-order valence-corrected chi connectivity index (χ3v) is 2.34. The lowest BCUT2D eigenvalue weighted by Gasteiger charge is -2.14. The number of nitrogens with zero attached hydrogens (tertiary/aromatic N) is 2. The second kappa shape index (κ2) is 10.4. The molecule has 0 radical (unpaired) electrons. The molecule has 2 aliphatic rings. The fraction of sp³-hybridized carbons (Fsp3) is 0.818. The van der Waals surface area contributed by atoms with Crippen LogP contribution < -0.4 is 21.3 Å². The lowest BCUT2D eigenvalue weighted by atomic mass is 10.4. The van der Waals surface area contributed by atoms with Crippen LogP contribution in [-0.2, 0) is 9.47 Å². The molecular weight excluding hydrogens is 248 g/mol. The summed E-state index contributed by atoms with van der Waals surface area (Å²) in [4.78, 5) is 8.27. The van der Waals surface area contributed by atoms with Gasteiger partial charge in [0.1, 0.15) is 13.5 Å². The van der Waals surface area contributed by atoms with Crippen molar-refractivity contribution in [2.45, 2.75) is 6.42 Å². The van der Waals surface area contributed by atoms with Crippen LogP contribution in [0.25, 0.3) is 0 Å². The van der Waals surface area contributed by atoms with Gasteiger partial charge in [0, 0.05) is 33.9 Å². The standard InChI is InChI=1S/C6H13N3O.C5H11N3O/c1-10-5-9-6-7-3-2-4-8-6;1-9-4-8-5-6-2-3-7-5/h2-5H2,1H3,(H2,7,8,9);2-4H2,1H3,(H2,6,7,8). The van der Waals surface area contributed by atoms with Gasteiger partial charge in [0.15, 0.2) is 11.9 Å². The first-order chi connectivity index (χ1) is 9.36. The average molecular weight is 272 g/mol. The monoisotopic (exact) mass is 272 g/mol. The third-order valence-electron chi connectivity index (χ3n) is 2.34. The Morgan fingerprint density at radius 1 is 0.947 bits per heavy atom. The van der Waals surface area contributed by atoms with Gasteiger partial charge >= 0.3 is 0 Å². The molecule has 2 heterocycles. The molecule has 0 aromatic heterocycles. The molecule has 8 nitrogen and oxygen atoms in total. The van der Waals surface area contributed by atoms with Crippen molar-refractivity contribution >= 4 is 11.9 Å². The van der Waals surface area contributed by atoms with Crippen LogP contribution in [0.2, 0.25) is 0 Å². The minimum atomic E-state index is 0.520. The highest BCUT2D eigenvalue weighted by Crippen LogP contribution is 1.86. The number of nitrogens with one attached hydrogen (secondary N) is 4. The molecule has 0 aromatic rings. The molecule has 0 bridgehead atoms. The largest absolute Gasteiger partial charge is 0.364 e. The molecule has 0 saturated carbocycles. The van der Waals surface area contributed by atoms with Crippen LogP contribution in [0.15, 0.2) is 9.98 Å². The number of methoxy groups -OCH3 is 2. The van der Waals surface area contributed by atoms with Crippen LogP contribution in [0, 0.1) is 0 Å². The van der Waals surface area contributed by atoms with Gasteiger partial charge in [-0.2, -0.15) is 0 Å². The molecule has 2 aliphatic heterocycles. The summed E-state index contributed by atoms with van der Waals surface area (Å²) in [7, 11) is 3.29. The van der Waals surface area contributed by atoms with Crippen LogP contribution in [0.5, 0.6) is 0 Å². The quantitative estimate of drug-likeness (QED) is 0.474. The van der Waals surface area contributed by atoms with Gasteiger partial charge in [-0.05, 0) is 6.42 Å². The maximum Gasteiger partial charge on any atom is 0.193 e. The van der Waals surface area contributed by atoms with E-state index in [0.29, 0.717) is 13.5 Å². The second-order valence-corrected chi connectivity index (χ2v) is 3.89. The molecule has 0 aliphatic carbocycles. The van der Waals surface area contributed by atoms with E-state index < -0.39 is 0 Å². The fourth-order valence-electron chi connectivity index (χ4n) is 1.45. The lowest BCUT2D eigenvalue weighted by Crippen LogP contribution is -2.41. The summed E-state index contributed by atoms with van der Waals surface area (Å²) in [5, 5.41) is 12.1. The zero-order valence-corrected chi connectivity index (χ0v) is 11.7. The Bertz CT molecular complexity index is 295. The van der Waals surface area contributed by atoms with Crippen molar-refractivity contribution in [1.29, 1.82) is 0 Å². The number of ether oxygens (including phenoxy) is 2. The summed E-state index contributed by atoms with van der Waals surface area (Å²) in [6.45, 7) is 4.77. The molecule has 0 unspecified atom stereocenters. The highest BCUT2D eigenvalue weighted by atomic mass is 16.5. The Morgan fingerprint density at radius 2 is 1.53 bits per heavy atom. The summed E-state index contributed by atoms with van der Waals surface area (Å²) in [6.07, 6.45) is 1.12. The first-order valence-electron chi connectivity index (χ1n) is 6.39. The maximum atomic E-state index is 4.81. The molecule has 4 N–H and O–H groups in total. The first kappa shape index (κ1) is 15.5. The zero-order valence-electron chi connectivity index (χ0n) is 11.7. The van der Waals surface area contributed by atoms with E-state index in [9.17, 15) is 0 Å². The Hall–Kier alpha value is -1.54. The van der Waals surface area contributed by atoms with Crippen molar-refractivity contribution in [3.05, 3.63) is 0 Å². The normalized spacial score (nSPS) is 17.2. The Kier molecular flexibility index (Phi) is 8.48. The van der Waals surface area contributed by atoms with Crippen molar-refractivity contribution in [2.24, 2.45) is 9.98 Å². The van der Waals surface area contributed by atoms with Gasteiger partial charge in [-0.15, -0.1) is 0 Å². The summed E-state index contributed by atoms with van der Waals surface area (Å²) >= 11 is 0. The van der Waals surface area contributed by atoms with Crippen molar-refractivity contribution < 1.29 is 9.47 Å². The minimum Gasteiger partial charge on any atom is -0.364 e. The van der Waals surface area contributed by atoms with Gasteiger partial charge in [0.05, 0.1) is 6.54 Å². The van der Waals surface area contributed by atoms with E-state index in [2.05, 4.69) is 31.3 Å². The fourth-order valence-corrected chi connectivity index (χ4v) is 1.45. The van der Waals surface area contributed by atoms with Crippen LogP contribution in [0.4, 0.5) is 0 Å². The van der Waals surface area contributed by atoms with E-state index in [4.69, 9.17) is 9.47 Å². The number of rotatable bonds is 4. The van der Waals surface area contributed by atoms with E-state index >= 15 is 0 Å². The van der Waals surface area contributed by atoms with E-state index in [1.807, 2.05) is 0 Å². The average Bonchev–Trinajstić information content (AvgIpc) is 2.98. The molecule has 19 heavy (non-hydrogen) atoms. The molecule has 0 fully saturated rings. The van der Waals surface area contributed by atoms with Crippen LogP contribution in [-0.4, -0.2) is 65.8 Å². The van der Waals surface area contributed by atoms with E-state index in [1.54, 1.807) is 14.2 Å². The minimum absolute atomic E-state index is 0.520. The predicted octanol–water partition coefficient (Wildman–Crippen LogP) is -1.33. The number of hydrogen-bond donors (Lipinski definition) is 4. The Balaban J connectivity index is 0.000000191. The van der Waals surface area contributed by atoms with Crippen molar-refractivity contribution in [3.8, 4) is 0 Å². The molecule has 0 amide bonds. The molecule has 0 atom stereocenters. The van der Waals surface area contributed by atoms with Crippen molar-refractivity contribution in [1.82, 2.24) is 21.3 Å². The van der Waals surface area contributed by atoms with E-state index in [-0.39, 0.29) is 0 Å². The maximum absolute atomic E-state index is 4.81. The van der Waals surface area contributed by atoms with E-state index in [0.717, 1.165) is 44.5 Å². The molecular formula is C11H24N6O2. The van der Waals surface area contributed by atoms with Crippen LogP contribution in [0.3, 0.4) is 0 Å². The van der Waals surface area contributed by atoms with Gasteiger partial charge in [-0.25, -0.2) is 0 Å². The molecule has 2 rings (SSSR count). The molecule has 0 aromatic carbocycles.